The highest BCUT2D eigenvalue weighted by Crippen LogP contribution is 2.04. The smallest absolute Gasteiger partial charge is 0.193 e. The largest absolute Gasteiger partial charge is 0.349 e. The summed E-state index contributed by atoms with van der Waals surface area (Å²) in [5.41, 5.74) is 0. The molecule has 0 spiro atoms. The molecule has 0 aliphatic heterocycles. The highest BCUT2D eigenvalue weighted by molar-refractivity contribution is 4.46. The molecule has 0 bridgehead atoms. The monoisotopic (exact) mass is 159 g/mol. The van der Waals surface area contributed by atoms with Gasteiger partial charge in [-0.1, -0.05) is 33.6 Å². The lowest BCUT2D eigenvalue weighted by molar-refractivity contribution is -0.165. The van der Waals surface area contributed by atoms with E-state index in [0.717, 1.165) is 12.8 Å². The molecule has 67 valence electrons. The van der Waals surface area contributed by atoms with Crippen LogP contribution in [0, 0.1) is 5.92 Å². The van der Waals surface area contributed by atoms with Crippen LogP contribution in [-0.2, 0) is 9.84 Å². The van der Waals surface area contributed by atoms with Crippen LogP contribution in [0.5, 0.6) is 0 Å². The van der Waals surface area contributed by atoms with Gasteiger partial charge in [0.25, 0.3) is 0 Å². The molecule has 0 saturated heterocycles. The molecule has 0 N–H and O–H groups in total. The van der Waals surface area contributed by atoms with E-state index in [2.05, 4.69) is 6.92 Å². The quantitative estimate of drug-likeness (QED) is 0.432. The maximum absolute atomic E-state index is 11.0. The van der Waals surface area contributed by atoms with Crippen LogP contribution >= 0.6 is 0 Å². The Morgan fingerprint density at radius 2 is 1.91 bits per heavy atom. The molecule has 0 saturated carbocycles. The van der Waals surface area contributed by atoms with Crippen LogP contribution in [-0.4, -0.2) is 12.9 Å². The van der Waals surface area contributed by atoms with Gasteiger partial charge in [0.15, 0.2) is 6.29 Å². The molecular formula is C9H19O2. The van der Waals surface area contributed by atoms with E-state index in [1.807, 2.05) is 13.8 Å². The third-order valence-corrected chi connectivity index (χ3v) is 1.57. The van der Waals surface area contributed by atoms with Crippen LogP contribution < -0.4 is 0 Å². The van der Waals surface area contributed by atoms with Crippen LogP contribution in [0.1, 0.15) is 40.0 Å². The molecule has 0 amide bonds. The topological polar surface area (TPSA) is 29.1 Å². The molecule has 0 aromatic rings. The number of rotatable bonds is 6. The van der Waals surface area contributed by atoms with E-state index >= 15 is 0 Å². The SMILES string of the molecule is CCCCCOC([O])C(C)C. The van der Waals surface area contributed by atoms with Crippen molar-refractivity contribution in [2.75, 3.05) is 6.61 Å². The van der Waals surface area contributed by atoms with Gasteiger partial charge in [0.2, 0.25) is 0 Å². The first-order valence-corrected chi connectivity index (χ1v) is 4.46. The Bertz CT molecular complexity index is 81.6. The molecule has 2 heteroatoms. The maximum atomic E-state index is 11.0. The zero-order valence-corrected chi connectivity index (χ0v) is 7.80. The molecule has 1 unspecified atom stereocenters. The van der Waals surface area contributed by atoms with Crippen LogP contribution in [0.4, 0.5) is 0 Å². The highest BCUT2D eigenvalue weighted by atomic mass is 16.6. The van der Waals surface area contributed by atoms with Crippen molar-refractivity contribution in [1.29, 1.82) is 0 Å². The Labute approximate surface area is 69.6 Å². The average Bonchev–Trinajstić information content (AvgIpc) is 1.97. The second-order valence-electron chi connectivity index (χ2n) is 3.19. The predicted octanol–water partition coefficient (Wildman–Crippen LogP) is 2.61. The Hall–Kier alpha value is -0.0800. The molecule has 1 atom stereocenters. The highest BCUT2D eigenvalue weighted by Gasteiger charge is 2.09. The van der Waals surface area contributed by atoms with Crippen LogP contribution in [0.25, 0.3) is 0 Å². The minimum Gasteiger partial charge on any atom is -0.349 e. The van der Waals surface area contributed by atoms with Gasteiger partial charge in [0, 0.05) is 12.5 Å². The molecule has 0 fully saturated rings. The summed E-state index contributed by atoms with van der Waals surface area (Å²) in [4.78, 5) is 0. The predicted molar refractivity (Wildman–Crippen MR) is 44.8 cm³/mol. The zero-order valence-electron chi connectivity index (χ0n) is 7.80. The van der Waals surface area contributed by atoms with E-state index in [-0.39, 0.29) is 5.92 Å². The lowest BCUT2D eigenvalue weighted by Crippen LogP contribution is -2.17. The Balaban J connectivity index is 3.10. The maximum Gasteiger partial charge on any atom is 0.193 e. The summed E-state index contributed by atoms with van der Waals surface area (Å²) in [7, 11) is 0. The lowest BCUT2D eigenvalue weighted by atomic mass is 10.2. The van der Waals surface area contributed by atoms with Crippen molar-refractivity contribution in [2.45, 2.75) is 46.3 Å². The van der Waals surface area contributed by atoms with Crippen molar-refractivity contribution >= 4 is 0 Å². The van der Waals surface area contributed by atoms with Gasteiger partial charge in [-0.3, -0.25) is 0 Å². The molecule has 0 aromatic heterocycles. The molecule has 11 heavy (non-hydrogen) atoms. The molecule has 0 aliphatic carbocycles. The van der Waals surface area contributed by atoms with Crippen LogP contribution in [0.2, 0.25) is 0 Å². The fourth-order valence-electron chi connectivity index (χ4n) is 0.744. The Kier molecular flexibility index (Phi) is 6.57. The normalized spacial score (nSPS) is 13.9. The lowest BCUT2D eigenvalue weighted by Gasteiger charge is -2.12. The summed E-state index contributed by atoms with van der Waals surface area (Å²) in [6, 6.07) is 0. The van der Waals surface area contributed by atoms with Crippen molar-refractivity contribution in [3.63, 3.8) is 0 Å². The molecule has 1 radical (unpaired) electrons. The van der Waals surface area contributed by atoms with Crippen molar-refractivity contribution in [2.24, 2.45) is 5.92 Å². The molecule has 0 aromatic carbocycles. The number of hydrogen-bond acceptors (Lipinski definition) is 1. The first kappa shape index (κ1) is 10.9. The van der Waals surface area contributed by atoms with E-state index in [9.17, 15) is 5.11 Å². The number of unbranched alkanes of at least 4 members (excludes halogenated alkanes) is 2. The van der Waals surface area contributed by atoms with Gasteiger partial charge in [-0.2, -0.15) is 0 Å². The molecule has 0 aliphatic rings. The van der Waals surface area contributed by atoms with Crippen molar-refractivity contribution in [3.8, 4) is 0 Å². The fourth-order valence-corrected chi connectivity index (χ4v) is 0.744. The van der Waals surface area contributed by atoms with E-state index in [0.29, 0.717) is 6.61 Å². The van der Waals surface area contributed by atoms with Gasteiger partial charge in [-0.05, 0) is 6.42 Å². The number of hydrogen-bond donors (Lipinski definition) is 0. The third-order valence-electron chi connectivity index (χ3n) is 1.57. The van der Waals surface area contributed by atoms with Gasteiger partial charge in [-0.25, -0.2) is 5.11 Å². The van der Waals surface area contributed by atoms with Crippen molar-refractivity contribution < 1.29 is 9.84 Å². The molecule has 0 rings (SSSR count). The molecule has 2 nitrogen and oxygen atoms in total. The minimum atomic E-state index is -0.827. The summed E-state index contributed by atoms with van der Waals surface area (Å²) in [6.45, 7) is 6.53. The number of ether oxygens (including phenoxy) is 1. The first-order valence-electron chi connectivity index (χ1n) is 4.46. The van der Waals surface area contributed by atoms with Crippen molar-refractivity contribution in [1.82, 2.24) is 0 Å². The second-order valence-corrected chi connectivity index (χ2v) is 3.19. The van der Waals surface area contributed by atoms with Crippen LogP contribution in [0.3, 0.4) is 0 Å². The third kappa shape index (κ3) is 6.32. The van der Waals surface area contributed by atoms with Gasteiger partial charge >= 0.3 is 0 Å². The summed E-state index contributed by atoms with van der Waals surface area (Å²) in [6.07, 6.45) is 2.52. The van der Waals surface area contributed by atoms with E-state index in [1.165, 1.54) is 6.42 Å². The minimum absolute atomic E-state index is 0.0941. The van der Waals surface area contributed by atoms with Crippen LogP contribution in [0.15, 0.2) is 0 Å². The fraction of sp³-hybridized carbons (Fsp3) is 1.00. The Morgan fingerprint density at radius 3 is 2.36 bits per heavy atom. The average molecular weight is 159 g/mol. The van der Waals surface area contributed by atoms with E-state index < -0.39 is 6.29 Å². The zero-order chi connectivity index (χ0) is 8.69. The van der Waals surface area contributed by atoms with Gasteiger partial charge in [0.1, 0.15) is 0 Å². The van der Waals surface area contributed by atoms with Gasteiger partial charge in [0.05, 0.1) is 0 Å². The summed E-state index contributed by atoms with van der Waals surface area (Å²) >= 11 is 0. The molecule has 0 heterocycles. The van der Waals surface area contributed by atoms with E-state index in [4.69, 9.17) is 4.74 Å². The standard InChI is InChI=1S/C9H19O2/c1-4-5-6-7-11-9(10)8(2)3/h8-9H,4-7H2,1-3H3. The summed E-state index contributed by atoms with van der Waals surface area (Å²) < 4.78 is 5.05. The van der Waals surface area contributed by atoms with Gasteiger partial charge in [-0.15, -0.1) is 0 Å². The van der Waals surface area contributed by atoms with Gasteiger partial charge < -0.3 is 4.74 Å². The van der Waals surface area contributed by atoms with Crippen molar-refractivity contribution in [3.05, 3.63) is 0 Å². The first-order chi connectivity index (χ1) is 5.18. The second kappa shape index (κ2) is 6.62. The molecular weight excluding hydrogens is 140 g/mol. The summed E-state index contributed by atoms with van der Waals surface area (Å²) in [5, 5.41) is 11.0. The Morgan fingerprint density at radius 1 is 1.27 bits per heavy atom. The summed E-state index contributed by atoms with van der Waals surface area (Å²) in [5.74, 6) is 0.0941. The van der Waals surface area contributed by atoms with E-state index in [1.54, 1.807) is 0 Å².